The van der Waals surface area contributed by atoms with Crippen LogP contribution in [0.5, 0.6) is 0 Å². The summed E-state index contributed by atoms with van der Waals surface area (Å²) < 4.78 is 2.09. The fraction of sp³-hybridized carbons (Fsp3) is 0.913. The quantitative estimate of drug-likeness (QED) is 0.495. The summed E-state index contributed by atoms with van der Waals surface area (Å²) in [5.74, 6) is 1.60. The topological polar surface area (TPSA) is 20.1 Å². The molecule has 0 bridgehead atoms. The van der Waals surface area contributed by atoms with Crippen LogP contribution >= 0.6 is 0 Å². The van der Waals surface area contributed by atoms with E-state index < -0.39 is 0 Å². The summed E-state index contributed by atoms with van der Waals surface area (Å²) in [4.78, 5) is 12.8. The number of hydrogen-bond donors (Lipinski definition) is 0. The van der Waals surface area contributed by atoms with Crippen molar-refractivity contribution in [1.82, 2.24) is 0 Å². The summed E-state index contributed by atoms with van der Waals surface area (Å²) in [6, 6.07) is 0. The molecule has 0 radical (unpaired) electrons. The van der Waals surface area contributed by atoms with E-state index in [1.807, 2.05) is 13.8 Å². The van der Waals surface area contributed by atoms with Crippen molar-refractivity contribution >= 4 is 11.6 Å². The lowest BCUT2D eigenvalue weighted by molar-refractivity contribution is -0.463. The zero-order chi connectivity index (χ0) is 20.0. The third-order valence-corrected chi connectivity index (χ3v) is 7.51. The van der Waals surface area contributed by atoms with Gasteiger partial charge >= 0.3 is 5.91 Å². The van der Waals surface area contributed by atoms with Gasteiger partial charge in [-0.3, -0.25) is 0 Å². The minimum Gasteiger partial charge on any atom is -0.219 e. The van der Waals surface area contributed by atoms with E-state index >= 15 is 0 Å². The number of carbonyl (C=O) groups excluding carboxylic acids is 1. The van der Waals surface area contributed by atoms with Gasteiger partial charge in [-0.2, -0.15) is 4.58 Å². The summed E-state index contributed by atoms with van der Waals surface area (Å²) in [6.07, 6.45) is 4.46. The summed E-state index contributed by atoms with van der Waals surface area (Å²) in [7, 11) is 0. The highest BCUT2D eigenvalue weighted by Gasteiger charge is 2.45. The van der Waals surface area contributed by atoms with Crippen LogP contribution in [0, 0.1) is 28.6 Å². The van der Waals surface area contributed by atoms with Crippen LogP contribution in [-0.4, -0.2) is 22.7 Å². The maximum Gasteiger partial charge on any atom is 0.389 e. The average molecular weight is 353 g/mol. The lowest BCUT2D eigenvalue weighted by Crippen LogP contribution is -2.45. The lowest BCUT2D eigenvalue weighted by atomic mass is 9.58. The fourth-order valence-electron chi connectivity index (χ4n) is 3.81. The molecule has 1 amide bonds. The van der Waals surface area contributed by atoms with Gasteiger partial charge in [0.1, 0.15) is 0 Å². The molecule has 0 aromatic rings. The molecule has 0 aromatic carbocycles. The first-order chi connectivity index (χ1) is 11.5. The van der Waals surface area contributed by atoms with Crippen molar-refractivity contribution in [2.45, 2.75) is 102 Å². The molecule has 1 rings (SSSR count). The van der Waals surface area contributed by atoms with Gasteiger partial charge < -0.3 is 0 Å². The minimum atomic E-state index is 0.131. The smallest absolute Gasteiger partial charge is 0.219 e. The summed E-state index contributed by atoms with van der Waals surface area (Å²) >= 11 is 0. The van der Waals surface area contributed by atoms with Crippen molar-refractivity contribution in [2.75, 3.05) is 6.54 Å². The molecule has 0 spiro atoms. The molecule has 0 saturated carbocycles. The Balaban J connectivity index is 0.00000277. The Labute approximate surface area is 158 Å². The SMILES string of the molecule is CC.CCC(C)C(C)C(=O)[N+]1=C(C)CC(C(C)(C)C(C)(C)CC)CC1. The Morgan fingerprint density at radius 3 is 2.08 bits per heavy atom. The first-order valence-corrected chi connectivity index (χ1v) is 10.6. The molecule has 0 aliphatic carbocycles. The van der Waals surface area contributed by atoms with Gasteiger partial charge in [0.05, 0.1) is 5.92 Å². The normalized spacial score (nSPS) is 21.3. The predicted octanol–water partition coefficient (Wildman–Crippen LogP) is 6.57. The van der Waals surface area contributed by atoms with Crippen LogP contribution in [0.2, 0.25) is 0 Å². The summed E-state index contributed by atoms with van der Waals surface area (Å²) in [5.41, 5.74) is 1.90. The standard InChI is InChI=1S/C21H40NO.C2H6/c1-10-15(3)17(5)19(23)22-13-12-18(14-16(22)4)21(8,9)20(6,7)11-2;1-2/h15,17-18H,10-14H2,1-9H3;1-2H3/q+1;. The maximum absolute atomic E-state index is 12.8. The first kappa shape index (κ1) is 24.3. The second-order valence-corrected chi connectivity index (χ2v) is 9.05. The monoisotopic (exact) mass is 352 g/mol. The van der Waals surface area contributed by atoms with Crippen molar-refractivity contribution in [1.29, 1.82) is 0 Å². The van der Waals surface area contributed by atoms with Gasteiger partial charge in [0.2, 0.25) is 0 Å². The summed E-state index contributed by atoms with van der Waals surface area (Å²) in [5, 5.41) is 0. The molecule has 25 heavy (non-hydrogen) atoms. The minimum absolute atomic E-state index is 0.131. The fourth-order valence-corrected chi connectivity index (χ4v) is 3.81. The van der Waals surface area contributed by atoms with E-state index in [9.17, 15) is 4.79 Å². The number of hydrogen-bond acceptors (Lipinski definition) is 1. The lowest BCUT2D eigenvalue weighted by Gasteiger charge is -2.47. The van der Waals surface area contributed by atoms with E-state index in [1.165, 1.54) is 12.1 Å². The first-order valence-electron chi connectivity index (χ1n) is 10.6. The Morgan fingerprint density at radius 1 is 1.16 bits per heavy atom. The van der Waals surface area contributed by atoms with E-state index in [2.05, 4.69) is 66.9 Å². The molecule has 3 unspecified atom stereocenters. The van der Waals surface area contributed by atoms with E-state index in [0.29, 0.717) is 28.6 Å². The Kier molecular flexibility index (Phi) is 9.62. The highest BCUT2D eigenvalue weighted by Crippen LogP contribution is 2.49. The van der Waals surface area contributed by atoms with Crippen molar-refractivity contribution in [2.24, 2.45) is 28.6 Å². The summed E-state index contributed by atoms with van der Waals surface area (Å²) in [6.45, 7) is 25.5. The van der Waals surface area contributed by atoms with E-state index in [1.54, 1.807) is 0 Å². The molecule has 1 heterocycles. The van der Waals surface area contributed by atoms with Gasteiger partial charge in [-0.15, -0.1) is 0 Å². The van der Waals surface area contributed by atoms with Crippen LogP contribution in [-0.2, 0) is 4.79 Å². The number of rotatable bonds is 6. The van der Waals surface area contributed by atoms with Crippen LogP contribution < -0.4 is 0 Å². The molecular weight excluding hydrogens is 306 g/mol. The molecule has 148 valence electrons. The molecule has 3 atom stereocenters. The van der Waals surface area contributed by atoms with Crippen molar-refractivity contribution in [3.05, 3.63) is 0 Å². The second-order valence-electron chi connectivity index (χ2n) is 9.05. The Hall–Kier alpha value is -0.660. The van der Waals surface area contributed by atoms with Crippen LogP contribution in [0.1, 0.15) is 102 Å². The molecule has 2 nitrogen and oxygen atoms in total. The molecule has 0 saturated heterocycles. The van der Waals surface area contributed by atoms with Crippen molar-refractivity contribution in [3.8, 4) is 0 Å². The second kappa shape index (κ2) is 9.88. The maximum atomic E-state index is 12.8. The number of nitrogens with zero attached hydrogens (tertiary/aromatic N) is 1. The van der Waals surface area contributed by atoms with Gasteiger partial charge in [0.25, 0.3) is 0 Å². The zero-order valence-corrected chi connectivity index (χ0v) is 19.1. The van der Waals surface area contributed by atoms with Crippen LogP contribution in [0.3, 0.4) is 0 Å². The molecule has 0 N–H and O–H groups in total. The van der Waals surface area contributed by atoms with Crippen LogP contribution in [0.15, 0.2) is 0 Å². The predicted molar refractivity (Wildman–Crippen MR) is 111 cm³/mol. The van der Waals surface area contributed by atoms with Gasteiger partial charge in [-0.1, -0.05) is 75.2 Å². The molecule has 2 heteroatoms. The van der Waals surface area contributed by atoms with Gasteiger partial charge in [-0.25, -0.2) is 4.79 Å². The Bertz CT molecular complexity index is 459. The van der Waals surface area contributed by atoms with Crippen LogP contribution in [0.4, 0.5) is 0 Å². The largest absolute Gasteiger partial charge is 0.389 e. The Morgan fingerprint density at radius 2 is 1.68 bits per heavy atom. The van der Waals surface area contributed by atoms with E-state index in [0.717, 1.165) is 25.8 Å². The van der Waals surface area contributed by atoms with Gasteiger partial charge in [-0.05, 0) is 29.6 Å². The van der Waals surface area contributed by atoms with Crippen LogP contribution in [0.25, 0.3) is 0 Å². The zero-order valence-electron chi connectivity index (χ0n) is 19.1. The number of carbonyl (C=O) groups is 1. The van der Waals surface area contributed by atoms with Gasteiger partial charge in [0.15, 0.2) is 12.3 Å². The third-order valence-electron chi connectivity index (χ3n) is 7.51. The third kappa shape index (κ3) is 5.41. The van der Waals surface area contributed by atoms with Crippen molar-refractivity contribution < 1.29 is 9.37 Å². The van der Waals surface area contributed by atoms with E-state index in [4.69, 9.17) is 0 Å². The molecule has 1 aliphatic heterocycles. The molecule has 1 aliphatic rings. The molecule has 0 aromatic heterocycles. The van der Waals surface area contributed by atoms with Gasteiger partial charge in [0, 0.05) is 19.8 Å². The highest BCUT2D eigenvalue weighted by atomic mass is 16.2. The average Bonchev–Trinajstić information content (AvgIpc) is 2.61. The number of amides is 1. The van der Waals surface area contributed by atoms with E-state index in [-0.39, 0.29) is 5.92 Å². The molecule has 0 fully saturated rings. The molecular formula is C23H46NO+. The van der Waals surface area contributed by atoms with Crippen molar-refractivity contribution in [3.63, 3.8) is 0 Å². The highest BCUT2D eigenvalue weighted by molar-refractivity contribution is 5.85.